The predicted molar refractivity (Wildman–Crippen MR) is 82.1 cm³/mol. The third-order valence-electron chi connectivity index (χ3n) is 3.33. The van der Waals surface area contributed by atoms with E-state index < -0.39 is 0 Å². The van der Waals surface area contributed by atoms with Crippen LogP contribution in [0.4, 0.5) is 0 Å². The Morgan fingerprint density at radius 2 is 2.19 bits per heavy atom. The smallest absolute Gasteiger partial charge is 0.243 e. The van der Waals surface area contributed by atoms with Crippen molar-refractivity contribution in [3.63, 3.8) is 0 Å². The lowest BCUT2D eigenvalue weighted by molar-refractivity contribution is -0.127. The summed E-state index contributed by atoms with van der Waals surface area (Å²) in [6.45, 7) is 4.07. The molecule has 0 aromatic carbocycles. The fourth-order valence-electron chi connectivity index (χ4n) is 1.80. The molecule has 1 aromatic rings. The topological polar surface area (TPSA) is 69.9 Å². The van der Waals surface area contributed by atoms with Crippen molar-refractivity contribution in [2.24, 2.45) is 4.99 Å². The molecule has 0 spiro atoms. The second kappa shape index (κ2) is 6.65. The molecule has 116 valence electrons. The lowest BCUT2D eigenvalue weighted by atomic mass is 10.2. The Labute approximate surface area is 125 Å². The van der Waals surface area contributed by atoms with Crippen molar-refractivity contribution in [1.82, 2.24) is 15.5 Å². The average Bonchev–Trinajstić information content (AvgIpc) is 3.14. The van der Waals surface area contributed by atoms with Crippen molar-refractivity contribution in [1.29, 1.82) is 0 Å². The third-order valence-corrected chi connectivity index (χ3v) is 3.33. The van der Waals surface area contributed by atoms with E-state index in [1.165, 1.54) is 4.90 Å². The average molecular weight is 292 g/mol. The first-order valence-corrected chi connectivity index (χ1v) is 7.29. The maximum Gasteiger partial charge on any atom is 0.243 e. The van der Waals surface area contributed by atoms with Crippen molar-refractivity contribution < 1.29 is 9.21 Å². The number of aliphatic imine (C=N–C) groups is 1. The van der Waals surface area contributed by atoms with Crippen molar-refractivity contribution in [2.45, 2.75) is 38.8 Å². The minimum atomic E-state index is -0.0200. The first-order chi connectivity index (χ1) is 9.95. The van der Waals surface area contributed by atoms with Crippen LogP contribution in [0.25, 0.3) is 0 Å². The van der Waals surface area contributed by atoms with Gasteiger partial charge in [0, 0.05) is 20.1 Å². The zero-order valence-electron chi connectivity index (χ0n) is 13.1. The van der Waals surface area contributed by atoms with E-state index in [2.05, 4.69) is 15.6 Å². The molecule has 2 N–H and O–H groups in total. The summed E-state index contributed by atoms with van der Waals surface area (Å²) >= 11 is 0. The molecule has 21 heavy (non-hydrogen) atoms. The second-order valence-corrected chi connectivity index (χ2v) is 5.69. The zero-order chi connectivity index (χ0) is 15.4. The van der Waals surface area contributed by atoms with Gasteiger partial charge >= 0.3 is 0 Å². The van der Waals surface area contributed by atoms with Gasteiger partial charge in [-0.3, -0.25) is 4.79 Å². The maximum absolute atomic E-state index is 11.7. The summed E-state index contributed by atoms with van der Waals surface area (Å²) in [5.74, 6) is 2.38. The van der Waals surface area contributed by atoms with Crippen LogP contribution in [0.3, 0.4) is 0 Å². The van der Waals surface area contributed by atoms with E-state index >= 15 is 0 Å². The van der Waals surface area contributed by atoms with Crippen LogP contribution in [-0.2, 0) is 4.79 Å². The summed E-state index contributed by atoms with van der Waals surface area (Å²) in [6, 6.07) is 4.36. The lowest BCUT2D eigenvalue weighted by Crippen LogP contribution is -2.40. The predicted octanol–water partition coefficient (Wildman–Crippen LogP) is 1.43. The molecule has 0 aliphatic heterocycles. The maximum atomic E-state index is 11.7. The van der Waals surface area contributed by atoms with Crippen LogP contribution in [0.5, 0.6) is 0 Å². The van der Waals surface area contributed by atoms with E-state index in [4.69, 9.17) is 4.42 Å². The summed E-state index contributed by atoms with van der Waals surface area (Å²) in [7, 11) is 3.46. The molecule has 0 saturated heterocycles. The van der Waals surface area contributed by atoms with Gasteiger partial charge in [0.2, 0.25) is 5.91 Å². The van der Waals surface area contributed by atoms with Gasteiger partial charge in [-0.05, 0) is 38.8 Å². The van der Waals surface area contributed by atoms with Crippen LogP contribution in [0.2, 0.25) is 0 Å². The second-order valence-electron chi connectivity index (χ2n) is 5.69. The van der Waals surface area contributed by atoms with Crippen LogP contribution in [0.1, 0.15) is 37.3 Å². The number of furan rings is 1. The van der Waals surface area contributed by atoms with E-state index in [1.54, 1.807) is 14.1 Å². The molecule has 1 heterocycles. The van der Waals surface area contributed by atoms with Gasteiger partial charge < -0.3 is 20.0 Å². The number of amides is 1. The number of carbonyl (C=O) groups is 1. The molecule has 1 unspecified atom stereocenters. The van der Waals surface area contributed by atoms with Crippen LogP contribution >= 0.6 is 0 Å². The zero-order valence-corrected chi connectivity index (χ0v) is 13.1. The van der Waals surface area contributed by atoms with Gasteiger partial charge in [0.25, 0.3) is 0 Å². The summed E-state index contributed by atoms with van der Waals surface area (Å²) in [5.41, 5.74) is 0. The first-order valence-electron chi connectivity index (χ1n) is 7.29. The highest BCUT2D eigenvalue weighted by Crippen LogP contribution is 2.19. The minimum absolute atomic E-state index is 0.00171. The molecule has 1 amide bonds. The first kappa shape index (κ1) is 15.4. The fourth-order valence-corrected chi connectivity index (χ4v) is 1.80. The molecule has 1 fully saturated rings. The van der Waals surface area contributed by atoms with Crippen molar-refractivity contribution >= 4 is 11.9 Å². The van der Waals surface area contributed by atoms with E-state index in [1.807, 2.05) is 26.0 Å². The Morgan fingerprint density at radius 3 is 2.71 bits per heavy atom. The largest absolute Gasteiger partial charge is 0.464 e. The standard InChI is InChI=1S/C15H24N4O2/c1-10-5-8-13(21-10)11(2)17-15(18-12-6-7-12)16-9-14(20)19(3)4/h5,8,11-12H,6-7,9H2,1-4H3,(H2,16,17,18). The molecule has 6 nitrogen and oxygen atoms in total. The Morgan fingerprint density at radius 1 is 1.48 bits per heavy atom. The number of likely N-dealkylation sites (N-methyl/N-ethyl adjacent to an activating group) is 1. The molecular formula is C15H24N4O2. The SMILES string of the molecule is Cc1ccc(C(C)NC(=NCC(=O)N(C)C)NC2CC2)o1. The van der Waals surface area contributed by atoms with Crippen LogP contribution in [0, 0.1) is 6.92 Å². The highest BCUT2D eigenvalue weighted by atomic mass is 16.3. The van der Waals surface area contributed by atoms with Gasteiger partial charge in [-0.2, -0.15) is 0 Å². The van der Waals surface area contributed by atoms with Gasteiger partial charge in [0.05, 0.1) is 6.04 Å². The number of rotatable bonds is 5. The quantitative estimate of drug-likeness (QED) is 0.636. The van der Waals surface area contributed by atoms with Crippen LogP contribution in [-0.4, -0.2) is 43.4 Å². The fraction of sp³-hybridized carbons (Fsp3) is 0.600. The molecule has 1 atom stereocenters. The monoisotopic (exact) mass is 292 g/mol. The number of nitrogens with zero attached hydrogens (tertiary/aromatic N) is 2. The van der Waals surface area contributed by atoms with Gasteiger partial charge in [0.1, 0.15) is 18.1 Å². The highest BCUT2D eigenvalue weighted by Gasteiger charge is 2.23. The van der Waals surface area contributed by atoms with E-state index in [0.29, 0.717) is 12.0 Å². The van der Waals surface area contributed by atoms with E-state index in [9.17, 15) is 4.79 Å². The summed E-state index contributed by atoms with van der Waals surface area (Å²) in [6.07, 6.45) is 2.30. The summed E-state index contributed by atoms with van der Waals surface area (Å²) < 4.78 is 5.61. The summed E-state index contributed by atoms with van der Waals surface area (Å²) in [4.78, 5) is 17.6. The number of guanidine groups is 1. The molecule has 1 aliphatic carbocycles. The Hall–Kier alpha value is -1.98. The lowest BCUT2D eigenvalue weighted by Gasteiger charge is -2.17. The van der Waals surface area contributed by atoms with Gasteiger partial charge in [-0.15, -0.1) is 0 Å². The Kier molecular flexibility index (Phi) is 4.88. The van der Waals surface area contributed by atoms with Gasteiger partial charge in [-0.1, -0.05) is 0 Å². The normalized spacial score (nSPS) is 16.5. The van der Waals surface area contributed by atoms with Crippen molar-refractivity contribution in [2.75, 3.05) is 20.6 Å². The third kappa shape index (κ3) is 4.81. The van der Waals surface area contributed by atoms with Crippen LogP contribution in [0.15, 0.2) is 21.5 Å². The number of carbonyl (C=O) groups excluding carboxylic acids is 1. The minimum Gasteiger partial charge on any atom is -0.464 e. The molecular weight excluding hydrogens is 268 g/mol. The number of hydrogen-bond acceptors (Lipinski definition) is 3. The van der Waals surface area contributed by atoms with Crippen LogP contribution < -0.4 is 10.6 Å². The van der Waals surface area contributed by atoms with Gasteiger partial charge in [-0.25, -0.2) is 4.99 Å². The Bertz CT molecular complexity index is 517. The Balaban J connectivity index is 1.98. The molecule has 2 rings (SSSR count). The van der Waals surface area contributed by atoms with Crippen molar-refractivity contribution in [3.05, 3.63) is 23.7 Å². The molecule has 1 saturated carbocycles. The number of hydrogen-bond donors (Lipinski definition) is 2. The molecule has 1 aliphatic rings. The molecule has 1 aromatic heterocycles. The van der Waals surface area contributed by atoms with E-state index in [0.717, 1.165) is 24.4 Å². The molecule has 6 heteroatoms. The number of aryl methyl sites for hydroxylation is 1. The number of nitrogens with one attached hydrogen (secondary N) is 2. The molecule has 0 radical (unpaired) electrons. The van der Waals surface area contributed by atoms with Crippen molar-refractivity contribution in [3.8, 4) is 0 Å². The summed E-state index contributed by atoms with van der Waals surface area (Å²) in [5, 5.41) is 6.61. The highest BCUT2D eigenvalue weighted by molar-refractivity contribution is 5.85. The van der Waals surface area contributed by atoms with E-state index in [-0.39, 0.29) is 18.5 Å². The molecule has 0 bridgehead atoms. The van der Waals surface area contributed by atoms with Gasteiger partial charge in [0.15, 0.2) is 5.96 Å².